The van der Waals surface area contributed by atoms with Crippen LogP contribution in [0.2, 0.25) is 0 Å². The SMILES string of the molecule is Cn1cc(CN2C[C@@H]3[C@@H](C(=O)NCc4cccnc4)CO[C@@H]3C2)cn1.O=C(O)C(F)(F)F.O=C(O)C(F)(F)F. The number of aryl methyl sites for hydroxylation is 1. The van der Waals surface area contributed by atoms with E-state index in [2.05, 4.69) is 20.3 Å². The molecule has 17 heteroatoms. The molecular formula is C22H25F6N5O6. The average Bonchev–Trinajstić information content (AvgIpc) is 3.54. The number of carboxylic acids is 2. The van der Waals surface area contributed by atoms with Crippen molar-refractivity contribution in [3.63, 3.8) is 0 Å². The van der Waals surface area contributed by atoms with Gasteiger partial charge in [0.15, 0.2) is 0 Å². The van der Waals surface area contributed by atoms with Crippen LogP contribution < -0.4 is 5.32 Å². The molecule has 1 amide bonds. The number of hydrogen-bond acceptors (Lipinski definition) is 7. The summed E-state index contributed by atoms with van der Waals surface area (Å²) in [7, 11) is 1.92. The first-order valence-corrected chi connectivity index (χ1v) is 11.2. The second kappa shape index (κ2) is 13.4. The maximum Gasteiger partial charge on any atom is 0.490 e. The number of nitrogens with one attached hydrogen (secondary N) is 1. The van der Waals surface area contributed by atoms with Gasteiger partial charge in [-0.3, -0.25) is 19.4 Å². The maximum absolute atomic E-state index is 12.6. The van der Waals surface area contributed by atoms with E-state index in [1.54, 1.807) is 12.4 Å². The lowest BCUT2D eigenvalue weighted by molar-refractivity contribution is -0.193. The average molecular weight is 569 g/mol. The van der Waals surface area contributed by atoms with E-state index >= 15 is 0 Å². The van der Waals surface area contributed by atoms with Gasteiger partial charge in [0.25, 0.3) is 0 Å². The highest BCUT2D eigenvalue weighted by Gasteiger charge is 2.46. The molecule has 0 aliphatic carbocycles. The summed E-state index contributed by atoms with van der Waals surface area (Å²) in [6.07, 6.45) is -2.57. The molecular weight excluding hydrogens is 544 g/mol. The standard InChI is InChI=1S/C18H23N5O2.2C2HF3O2/c1-22-8-14(7-21-22)9-23-10-15-16(12-25-17(15)11-23)18(24)20-6-13-3-2-4-19-5-13;2*3-2(4,5)1(6)7/h2-5,7-8,15-17H,6,9-12H2,1H3,(H,20,24);2*(H,6,7)/t15-,16+,17-;;/m1../s1. The summed E-state index contributed by atoms with van der Waals surface area (Å²) in [6.45, 7) is 3.67. The fourth-order valence-corrected chi connectivity index (χ4v) is 3.83. The van der Waals surface area contributed by atoms with Crippen molar-refractivity contribution in [2.45, 2.75) is 31.5 Å². The Morgan fingerprint density at radius 2 is 1.67 bits per heavy atom. The molecule has 0 radical (unpaired) electrons. The van der Waals surface area contributed by atoms with Gasteiger partial charge in [-0.05, 0) is 11.6 Å². The third kappa shape index (κ3) is 10.2. The fourth-order valence-electron chi connectivity index (χ4n) is 3.83. The first-order chi connectivity index (χ1) is 18.1. The highest BCUT2D eigenvalue weighted by Crippen LogP contribution is 2.34. The number of aliphatic carboxylic acids is 2. The van der Waals surface area contributed by atoms with Crippen LogP contribution in [0.3, 0.4) is 0 Å². The van der Waals surface area contributed by atoms with Crippen LogP contribution in [0.4, 0.5) is 26.3 Å². The normalized spacial score (nSPS) is 20.6. The Balaban J connectivity index is 0.000000317. The number of hydrogen-bond donors (Lipinski definition) is 3. The fraction of sp³-hybridized carbons (Fsp3) is 0.500. The Kier molecular flexibility index (Phi) is 10.8. The van der Waals surface area contributed by atoms with Crippen LogP contribution in [0.25, 0.3) is 0 Å². The molecule has 2 aliphatic heterocycles. The Bertz CT molecular complexity index is 1090. The number of likely N-dealkylation sites (tertiary alicyclic amines) is 1. The Labute approximate surface area is 217 Å². The van der Waals surface area contributed by atoms with Crippen LogP contribution in [-0.2, 0) is 39.3 Å². The second-order valence-corrected chi connectivity index (χ2v) is 8.54. The summed E-state index contributed by atoms with van der Waals surface area (Å²) in [4.78, 5) is 36.8. The number of carbonyl (C=O) groups excluding carboxylic acids is 1. The number of alkyl halides is 6. The number of aromatic nitrogens is 3. The van der Waals surface area contributed by atoms with Crippen molar-refractivity contribution < 1.29 is 55.7 Å². The third-order valence-electron chi connectivity index (χ3n) is 5.57. The zero-order valence-corrected chi connectivity index (χ0v) is 20.3. The van der Waals surface area contributed by atoms with Gasteiger partial charge in [0, 0.05) is 63.3 Å². The van der Waals surface area contributed by atoms with Crippen LogP contribution in [-0.4, -0.2) is 85.9 Å². The van der Waals surface area contributed by atoms with Gasteiger partial charge in [0.2, 0.25) is 5.91 Å². The molecule has 216 valence electrons. The number of carbonyl (C=O) groups is 3. The number of nitrogens with zero attached hydrogens (tertiary/aromatic N) is 4. The third-order valence-corrected chi connectivity index (χ3v) is 5.57. The van der Waals surface area contributed by atoms with Crippen molar-refractivity contribution in [3.05, 3.63) is 48.0 Å². The van der Waals surface area contributed by atoms with Crippen LogP contribution >= 0.6 is 0 Å². The van der Waals surface area contributed by atoms with Gasteiger partial charge in [-0.2, -0.15) is 31.4 Å². The smallest absolute Gasteiger partial charge is 0.475 e. The number of pyridine rings is 1. The van der Waals surface area contributed by atoms with Crippen molar-refractivity contribution in [2.75, 3.05) is 19.7 Å². The molecule has 2 aromatic heterocycles. The summed E-state index contributed by atoms with van der Waals surface area (Å²) >= 11 is 0. The molecule has 4 heterocycles. The van der Waals surface area contributed by atoms with E-state index in [1.165, 1.54) is 5.56 Å². The van der Waals surface area contributed by atoms with Gasteiger partial charge in [-0.25, -0.2) is 9.59 Å². The highest BCUT2D eigenvalue weighted by molar-refractivity contribution is 5.79. The maximum atomic E-state index is 12.6. The van der Waals surface area contributed by atoms with E-state index in [1.807, 2.05) is 36.3 Å². The van der Waals surface area contributed by atoms with Crippen molar-refractivity contribution in [1.29, 1.82) is 0 Å². The zero-order valence-electron chi connectivity index (χ0n) is 20.3. The molecule has 3 atom stereocenters. The lowest BCUT2D eigenvalue weighted by atomic mass is 9.92. The molecule has 4 rings (SSSR count). The first kappa shape index (κ1) is 31.5. The Hall–Kier alpha value is -3.73. The van der Waals surface area contributed by atoms with Gasteiger partial charge in [0.1, 0.15) is 0 Å². The largest absolute Gasteiger partial charge is 0.490 e. The molecule has 2 aliphatic rings. The molecule has 3 N–H and O–H groups in total. The van der Waals surface area contributed by atoms with E-state index in [4.69, 9.17) is 24.5 Å². The van der Waals surface area contributed by atoms with Gasteiger partial charge < -0.3 is 20.3 Å². The first-order valence-electron chi connectivity index (χ1n) is 11.2. The zero-order chi connectivity index (χ0) is 29.4. The molecule has 2 saturated heterocycles. The molecule has 11 nitrogen and oxygen atoms in total. The molecule has 0 unspecified atom stereocenters. The highest BCUT2D eigenvalue weighted by atomic mass is 19.4. The van der Waals surface area contributed by atoms with E-state index < -0.39 is 24.3 Å². The van der Waals surface area contributed by atoms with E-state index in [0.29, 0.717) is 13.2 Å². The van der Waals surface area contributed by atoms with Crippen LogP contribution in [0.15, 0.2) is 36.9 Å². The van der Waals surface area contributed by atoms with Crippen molar-refractivity contribution in [2.24, 2.45) is 18.9 Å². The lowest BCUT2D eigenvalue weighted by Gasteiger charge is -2.18. The molecule has 2 fully saturated rings. The molecule has 0 saturated carbocycles. The van der Waals surface area contributed by atoms with Gasteiger partial charge in [-0.1, -0.05) is 6.07 Å². The van der Waals surface area contributed by atoms with Gasteiger partial charge in [0.05, 0.1) is 24.8 Å². The van der Waals surface area contributed by atoms with Gasteiger partial charge >= 0.3 is 24.3 Å². The summed E-state index contributed by atoms with van der Waals surface area (Å²) in [5, 5.41) is 21.5. The number of amides is 1. The van der Waals surface area contributed by atoms with Crippen LogP contribution in [0.1, 0.15) is 11.1 Å². The number of fused-ring (bicyclic) bond motifs is 1. The predicted molar refractivity (Wildman–Crippen MR) is 119 cm³/mol. The molecule has 39 heavy (non-hydrogen) atoms. The second-order valence-electron chi connectivity index (χ2n) is 8.54. The molecule has 0 aromatic carbocycles. The predicted octanol–water partition coefficient (Wildman–Crippen LogP) is 1.84. The molecule has 2 aromatic rings. The summed E-state index contributed by atoms with van der Waals surface area (Å²) < 4.78 is 71.2. The number of rotatable bonds is 5. The number of ether oxygens (including phenoxy) is 1. The van der Waals surface area contributed by atoms with E-state index in [-0.39, 0.29) is 23.8 Å². The topological polar surface area (TPSA) is 147 Å². The van der Waals surface area contributed by atoms with Crippen molar-refractivity contribution in [1.82, 2.24) is 25.0 Å². The summed E-state index contributed by atoms with van der Waals surface area (Å²) in [6, 6.07) is 3.84. The van der Waals surface area contributed by atoms with E-state index in [9.17, 15) is 31.1 Å². The molecule has 0 spiro atoms. The Morgan fingerprint density at radius 3 is 2.15 bits per heavy atom. The Morgan fingerprint density at radius 1 is 1.05 bits per heavy atom. The van der Waals surface area contributed by atoms with E-state index in [0.717, 1.165) is 25.2 Å². The quantitative estimate of drug-likeness (QED) is 0.459. The monoisotopic (exact) mass is 569 g/mol. The van der Waals surface area contributed by atoms with Crippen molar-refractivity contribution in [3.8, 4) is 0 Å². The summed E-state index contributed by atoms with van der Waals surface area (Å²) in [5.41, 5.74) is 2.20. The van der Waals surface area contributed by atoms with Crippen molar-refractivity contribution >= 4 is 17.8 Å². The van der Waals surface area contributed by atoms with Crippen LogP contribution in [0, 0.1) is 11.8 Å². The van der Waals surface area contributed by atoms with Crippen LogP contribution in [0.5, 0.6) is 0 Å². The number of halogens is 6. The minimum Gasteiger partial charge on any atom is -0.475 e. The minimum absolute atomic E-state index is 0.0689. The molecule has 0 bridgehead atoms. The van der Waals surface area contributed by atoms with Gasteiger partial charge in [-0.15, -0.1) is 0 Å². The summed E-state index contributed by atoms with van der Waals surface area (Å²) in [5.74, 6) is -5.23. The number of carboxylic acid groups (broad SMARTS) is 2. The lowest BCUT2D eigenvalue weighted by Crippen LogP contribution is -2.36. The minimum atomic E-state index is -5.08.